The molecule has 1 aliphatic rings. The molecule has 0 atom stereocenters. The maximum absolute atomic E-state index is 11.0. The third-order valence-corrected chi connectivity index (χ3v) is 1.54. The number of hydrogen-bond acceptors (Lipinski definition) is 4. The molecule has 1 rings (SSSR count). The van der Waals surface area contributed by atoms with E-state index in [9.17, 15) is 4.79 Å². The molecular weight excluding hydrogens is 176 g/mol. The fourth-order valence-corrected chi connectivity index (χ4v) is 1.01. The zero-order valence-corrected chi connectivity index (χ0v) is 7.54. The van der Waals surface area contributed by atoms with Crippen molar-refractivity contribution >= 4 is 6.03 Å². The molecule has 1 heterocycles. The van der Waals surface area contributed by atoms with E-state index in [4.69, 9.17) is 9.47 Å². The van der Waals surface area contributed by atoms with E-state index in [1.165, 1.54) is 7.11 Å². The highest BCUT2D eigenvalue weighted by Gasteiger charge is 2.14. The second-order valence-electron chi connectivity index (χ2n) is 2.63. The Bertz CT molecular complexity index is 157. The van der Waals surface area contributed by atoms with Crippen molar-refractivity contribution in [1.29, 1.82) is 0 Å². The lowest BCUT2D eigenvalue weighted by atomic mass is 10.3. The zero-order valence-electron chi connectivity index (χ0n) is 7.54. The topological polar surface area (TPSA) is 68.8 Å². The Morgan fingerprint density at radius 2 is 2.00 bits per heavy atom. The van der Waals surface area contributed by atoms with E-state index in [0.29, 0.717) is 26.4 Å². The first-order valence-electron chi connectivity index (χ1n) is 4.08. The average molecular weight is 190 g/mol. The Morgan fingerprint density at radius 3 is 2.54 bits per heavy atom. The first-order valence-corrected chi connectivity index (χ1v) is 4.08. The van der Waals surface area contributed by atoms with Gasteiger partial charge in [-0.15, -0.1) is 0 Å². The molecule has 0 bridgehead atoms. The molecule has 0 aromatic rings. The summed E-state index contributed by atoms with van der Waals surface area (Å²) in [4.78, 5) is 15.4. The number of amides is 2. The second kappa shape index (κ2) is 5.74. The SMILES string of the molecule is CONC(=O)NC1COCCOC1. The van der Waals surface area contributed by atoms with Gasteiger partial charge in [-0.3, -0.25) is 4.84 Å². The van der Waals surface area contributed by atoms with Crippen molar-refractivity contribution < 1.29 is 19.1 Å². The summed E-state index contributed by atoms with van der Waals surface area (Å²) in [5.74, 6) is 0. The maximum Gasteiger partial charge on any atom is 0.339 e. The second-order valence-corrected chi connectivity index (χ2v) is 2.63. The summed E-state index contributed by atoms with van der Waals surface area (Å²) >= 11 is 0. The van der Waals surface area contributed by atoms with Gasteiger partial charge < -0.3 is 14.8 Å². The molecule has 0 unspecified atom stereocenters. The lowest BCUT2D eigenvalue weighted by molar-refractivity contribution is 0.0985. The van der Waals surface area contributed by atoms with Crippen LogP contribution in [0.25, 0.3) is 0 Å². The van der Waals surface area contributed by atoms with Crippen LogP contribution in [0, 0.1) is 0 Å². The predicted octanol–water partition coefficient (Wildman–Crippen LogP) is -0.738. The lowest BCUT2D eigenvalue weighted by Gasteiger charge is -2.14. The molecule has 0 aromatic carbocycles. The highest BCUT2D eigenvalue weighted by atomic mass is 16.6. The van der Waals surface area contributed by atoms with Crippen LogP contribution in [0.3, 0.4) is 0 Å². The number of hydroxylamine groups is 1. The van der Waals surface area contributed by atoms with Crippen LogP contribution in [0.5, 0.6) is 0 Å². The molecule has 0 radical (unpaired) electrons. The van der Waals surface area contributed by atoms with Gasteiger partial charge in [0.25, 0.3) is 0 Å². The van der Waals surface area contributed by atoms with Crippen LogP contribution in [0.15, 0.2) is 0 Å². The Kier molecular flexibility index (Phi) is 4.52. The molecule has 0 aliphatic carbocycles. The van der Waals surface area contributed by atoms with Crippen molar-refractivity contribution in [2.24, 2.45) is 0 Å². The molecule has 1 fully saturated rings. The average Bonchev–Trinajstić information content (AvgIpc) is 2.33. The van der Waals surface area contributed by atoms with E-state index in [2.05, 4.69) is 15.6 Å². The van der Waals surface area contributed by atoms with Crippen molar-refractivity contribution in [3.63, 3.8) is 0 Å². The van der Waals surface area contributed by atoms with E-state index in [0.717, 1.165) is 0 Å². The van der Waals surface area contributed by atoms with Crippen molar-refractivity contribution in [2.75, 3.05) is 33.5 Å². The smallest absolute Gasteiger partial charge is 0.339 e. The lowest BCUT2D eigenvalue weighted by Crippen LogP contribution is -2.45. The highest BCUT2D eigenvalue weighted by Crippen LogP contribution is 1.94. The summed E-state index contributed by atoms with van der Waals surface area (Å²) in [5, 5.41) is 2.63. The van der Waals surface area contributed by atoms with Gasteiger partial charge >= 0.3 is 6.03 Å². The first kappa shape index (κ1) is 10.2. The van der Waals surface area contributed by atoms with Gasteiger partial charge in [-0.2, -0.15) is 0 Å². The molecule has 1 saturated heterocycles. The molecule has 2 amide bonds. The minimum absolute atomic E-state index is 0.113. The highest BCUT2D eigenvalue weighted by molar-refractivity contribution is 5.73. The van der Waals surface area contributed by atoms with Gasteiger partial charge in [-0.1, -0.05) is 0 Å². The normalized spacial score (nSPS) is 19.2. The minimum Gasteiger partial charge on any atom is -0.377 e. The maximum atomic E-state index is 11.0. The Balaban J connectivity index is 2.21. The van der Waals surface area contributed by atoms with Crippen LogP contribution in [-0.2, 0) is 14.3 Å². The van der Waals surface area contributed by atoms with Crippen LogP contribution in [0.1, 0.15) is 0 Å². The van der Waals surface area contributed by atoms with Crippen LogP contribution in [-0.4, -0.2) is 45.6 Å². The Hall–Kier alpha value is -0.850. The van der Waals surface area contributed by atoms with Gasteiger partial charge in [0.15, 0.2) is 0 Å². The quantitative estimate of drug-likeness (QED) is 0.563. The summed E-state index contributed by atoms with van der Waals surface area (Å²) in [6, 6.07) is -0.501. The van der Waals surface area contributed by atoms with Gasteiger partial charge in [0, 0.05) is 0 Å². The van der Waals surface area contributed by atoms with Gasteiger partial charge in [0.1, 0.15) is 0 Å². The Morgan fingerprint density at radius 1 is 1.38 bits per heavy atom. The summed E-state index contributed by atoms with van der Waals surface area (Å²) in [5.41, 5.74) is 2.15. The molecule has 6 nitrogen and oxygen atoms in total. The van der Waals surface area contributed by atoms with Gasteiger partial charge in [-0.05, 0) is 0 Å². The van der Waals surface area contributed by atoms with Crippen LogP contribution in [0.2, 0.25) is 0 Å². The number of urea groups is 1. The van der Waals surface area contributed by atoms with Crippen molar-refractivity contribution in [1.82, 2.24) is 10.8 Å². The zero-order chi connectivity index (χ0) is 9.52. The predicted molar refractivity (Wildman–Crippen MR) is 44.1 cm³/mol. The van der Waals surface area contributed by atoms with Gasteiger partial charge in [-0.25, -0.2) is 10.3 Å². The number of ether oxygens (including phenoxy) is 2. The standard InChI is InChI=1S/C7H14N2O4/c1-11-9-7(10)8-6-4-12-2-3-13-5-6/h6H,2-5H2,1H3,(H2,8,9,10). The molecule has 1 aliphatic heterocycles. The molecular formula is C7H14N2O4. The first-order chi connectivity index (χ1) is 6.33. The number of hydrogen-bond donors (Lipinski definition) is 2. The van der Waals surface area contributed by atoms with Crippen LogP contribution >= 0.6 is 0 Å². The molecule has 2 N–H and O–H groups in total. The largest absolute Gasteiger partial charge is 0.377 e. The van der Waals surface area contributed by atoms with Crippen molar-refractivity contribution in [2.45, 2.75) is 6.04 Å². The fourth-order valence-electron chi connectivity index (χ4n) is 1.01. The van der Waals surface area contributed by atoms with E-state index in [-0.39, 0.29) is 12.1 Å². The van der Waals surface area contributed by atoms with E-state index in [1.807, 2.05) is 0 Å². The molecule has 13 heavy (non-hydrogen) atoms. The third kappa shape index (κ3) is 4.07. The monoisotopic (exact) mass is 190 g/mol. The molecule has 0 spiro atoms. The number of rotatable bonds is 2. The number of nitrogens with one attached hydrogen (secondary N) is 2. The van der Waals surface area contributed by atoms with Crippen molar-refractivity contribution in [3.8, 4) is 0 Å². The molecule has 76 valence electrons. The van der Waals surface area contributed by atoms with Gasteiger partial charge in [0.05, 0.1) is 39.6 Å². The fraction of sp³-hybridized carbons (Fsp3) is 0.857. The summed E-state index contributed by atoms with van der Waals surface area (Å²) in [6.07, 6.45) is 0. The van der Waals surface area contributed by atoms with E-state index >= 15 is 0 Å². The third-order valence-electron chi connectivity index (χ3n) is 1.54. The molecule has 6 heteroatoms. The summed E-state index contributed by atoms with van der Waals surface area (Å²) < 4.78 is 10.4. The van der Waals surface area contributed by atoms with Crippen LogP contribution < -0.4 is 10.8 Å². The van der Waals surface area contributed by atoms with E-state index < -0.39 is 0 Å². The Labute approximate surface area is 76.5 Å². The van der Waals surface area contributed by atoms with Gasteiger partial charge in [0.2, 0.25) is 0 Å². The minimum atomic E-state index is -0.387. The van der Waals surface area contributed by atoms with Crippen LogP contribution in [0.4, 0.5) is 4.79 Å². The van der Waals surface area contributed by atoms with E-state index in [1.54, 1.807) is 0 Å². The molecule has 0 saturated carbocycles. The van der Waals surface area contributed by atoms with Crippen molar-refractivity contribution in [3.05, 3.63) is 0 Å². The summed E-state index contributed by atoms with van der Waals surface area (Å²) in [7, 11) is 1.37. The molecule has 0 aromatic heterocycles. The summed E-state index contributed by atoms with van der Waals surface area (Å²) in [6.45, 7) is 2.09. The number of carbonyl (C=O) groups excluding carboxylic acids is 1. The number of carbonyl (C=O) groups is 1.